The van der Waals surface area contributed by atoms with Crippen molar-refractivity contribution in [3.8, 4) is 67.5 Å². The van der Waals surface area contributed by atoms with E-state index in [9.17, 15) is 0 Å². The Balaban J connectivity index is 1.18. The number of rotatable bonds is 6. The lowest BCUT2D eigenvalue weighted by Gasteiger charge is -2.13. The van der Waals surface area contributed by atoms with Gasteiger partial charge in [-0.15, -0.1) is 0 Å². The van der Waals surface area contributed by atoms with Crippen molar-refractivity contribution in [3.63, 3.8) is 0 Å². The van der Waals surface area contributed by atoms with Crippen molar-refractivity contribution in [2.75, 3.05) is 0 Å². The summed E-state index contributed by atoms with van der Waals surface area (Å²) in [5.74, 6) is 1.86. The molecule has 0 radical (unpaired) electrons. The molecule has 0 aliphatic rings. The number of fused-ring (bicyclic) bond motifs is 2. The van der Waals surface area contributed by atoms with Crippen molar-refractivity contribution < 1.29 is 0 Å². The first-order valence-corrected chi connectivity index (χ1v) is 17.2. The fourth-order valence-electron chi connectivity index (χ4n) is 6.85. The summed E-state index contributed by atoms with van der Waals surface area (Å²) in [7, 11) is 0. The Kier molecular flexibility index (Phi) is 7.85. The van der Waals surface area contributed by atoms with E-state index in [1.54, 1.807) is 0 Å². The van der Waals surface area contributed by atoms with E-state index in [0.717, 1.165) is 60.5 Å². The standard InChI is InChI=1S/C48H30N4/c1-49-41-26-24-34(25-27-41)37-20-21-39-31-40(23-22-38(39)30-37)47-50-46(36-18-16-33(17-19-36)32-10-4-2-5-11-32)51-48(52-47)45-29-28-42(35-12-6-3-7-13-35)43-14-8-9-15-44(43)45/h2-31H. The highest BCUT2D eigenvalue weighted by Crippen LogP contribution is 2.36. The Labute approximate surface area is 302 Å². The third-order valence-corrected chi connectivity index (χ3v) is 9.56. The van der Waals surface area contributed by atoms with Crippen LogP contribution in [-0.2, 0) is 0 Å². The van der Waals surface area contributed by atoms with Gasteiger partial charge in [0.2, 0.25) is 0 Å². The van der Waals surface area contributed by atoms with E-state index in [-0.39, 0.29) is 0 Å². The van der Waals surface area contributed by atoms with E-state index in [0.29, 0.717) is 23.2 Å². The molecular weight excluding hydrogens is 633 g/mol. The highest BCUT2D eigenvalue weighted by atomic mass is 15.0. The molecule has 0 unspecified atom stereocenters. The lowest BCUT2D eigenvalue weighted by atomic mass is 9.94. The summed E-state index contributed by atoms with van der Waals surface area (Å²) in [5, 5.41) is 4.44. The molecule has 242 valence electrons. The minimum atomic E-state index is 0.615. The third-order valence-electron chi connectivity index (χ3n) is 9.56. The molecule has 9 rings (SSSR count). The monoisotopic (exact) mass is 662 g/mol. The summed E-state index contributed by atoms with van der Waals surface area (Å²) in [6.07, 6.45) is 0. The average molecular weight is 663 g/mol. The number of hydrogen-bond donors (Lipinski definition) is 0. The fourth-order valence-corrected chi connectivity index (χ4v) is 6.85. The van der Waals surface area contributed by atoms with Crippen LogP contribution in [0.25, 0.3) is 93.9 Å². The van der Waals surface area contributed by atoms with Crippen LogP contribution in [0.5, 0.6) is 0 Å². The SMILES string of the molecule is [C-]#[N+]c1ccc(-c2ccc3cc(-c4nc(-c5ccc(-c6ccccc6)cc5)nc(-c5ccc(-c6ccccc6)c6ccccc56)n4)ccc3c2)cc1. The molecule has 0 spiro atoms. The first kappa shape index (κ1) is 30.8. The maximum atomic E-state index is 7.27. The zero-order valence-corrected chi connectivity index (χ0v) is 28.1. The van der Waals surface area contributed by atoms with E-state index in [1.807, 2.05) is 36.4 Å². The topological polar surface area (TPSA) is 43.0 Å². The van der Waals surface area contributed by atoms with Gasteiger partial charge in [-0.2, -0.15) is 0 Å². The van der Waals surface area contributed by atoms with Crippen LogP contribution < -0.4 is 0 Å². The van der Waals surface area contributed by atoms with Gasteiger partial charge in [0.05, 0.1) is 6.57 Å². The van der Waals surface area contributed by atoms with Crippen molar-refractivity contribution in [2.24, 2.45) is 0 Å². The molecule has 52 heavy (non-hydrogen) atoms. The second kappa shape index (κ2) is 13.2. The molecular formula is C48H30N4. The van der Waals surface area contributed by atoms with Crippen molar-refractivity contribution in [1.29, 1.82) is 0 Å². The third kappa shape index (κ3) is 5.87. The molecule has 4 nitrogen and oxygen atoms in total. The van der Waals surface area contributed by atoms with Gasteiger partial charge < -0.3 is 0 Å². The molecule has 0 saturated carbocycles. The first-order chi connectivity index (χ1) is 25.7. The second-order valence-electron chi connectivity index (χ2n) is 12.8. The van der Waals surface area contributed by atoms with Crippen LogP contribution >= 0.6 is 0 Å². The molecule has 0 saturated heterocycles. The maximum absolute atomic E-state index is 7.27. The molecule has 0 bridgehead atoms. The minimum absolute atomic E-state index is 0.615. The van der Waals surface area contributed by atoms with Crippen LogP contribution in [0.15, 0.2) is 182 Å². The summed E-state index contributed by atoms with van der Waals surface area (Å²) in [6, 6.07) is 62.6. The fraction of sp³-hybridized carbons (Fsp3) is 0. The van der Waals surface area contributed by atoms with Gasteiger partial charge in [-0.1, -0.05) is 164 Å². The number of aromatic nitrogens is 3. The van der Waals surface area contributed by atoms with E-state index in [2.05, 4.69) is 150 Å². The van der Waals surface area contributed by atoms with E-state index >= 15 is 0 Å². The molecule has 1 heterocycles. The van der Waals surface area contributed by atoms with Crippen molar-refractivity contribution in [1.82, 2.24) is 15.0 Å². The molecule has 4 heteroatoms. The summed E-state index contributed by atoms with van der Waals surface area (Å²) < 4.78 is 0. The van der Waals surface area contributed by atoms with E-state index in [4.69, 9.17) is 21.5 Å². The van der Waals surface area contributed by atoms with Crippen molar-refractivity contribution in [3.05, 3.63) is 193 Å². The molecule has 9 aromatic rings. The smallest absolute Gasteiger partial charge is 0.187 e. The normalized spacial score (nSPS) is 11.1. The molecule has 0 N–H and O–H groups in total. The molecule has 0 amide bonds. The molecule has 1 aromatic heterocycles. The molecule has 8 aromatic carbocycles. The lowest BCUT2D eigenvalue weighted by molar-refractivity contribution is 1.08. The average Bonchev–Trinajstić information content (AvgIpc) is 3.23. The van der Waals surface area contributed by atoms with Crippen LogP contribution in [0.1, 0.15) is 0 Å². The zero-order valence-electron chi connectivity index (χ0n) is 28.1. The van der Waals surface area contributed by atoms with Crippen LogP contribution in [0.4, 0.5) is 5.69 Å². The van der Waals surface area contributed by atoms with Crippen LogP contribution in [0.3, 0.4) is 0 Å². The largest absolute Gasteiger partial charge is 0.238 e. The Morgan fingerprint density at radius 1 is 0.327 bits per heavy atom. The first-order valence-electron chi connectivity index (χ1n) is 17.2. The van der Waals surface area contributed by atoms with Gasteiger partial charge in [0.1, 0.15) is 0 Å². The Morgan fingerprint density at radius 2 is 0.769 bits per heavy atom. The predicted octanol–water partition coefficient (Wildman–Crippen LogP) is 12.7. The highest BCUT2D eigenvalue weighted by molar-refractivity contribution is 6.04. The Morgan fingerprint density at radius 3 is 1.44 bits per heavy atom. The Bertz CT molecular complexity index is 2770. The molecule has 0 aliphatic heterocycles. The number of nitrogens with zero attached hydrogens (tertiary/aromatic N) is 4. The minimum Gasteiger partial charge on any atom is -0.238 e. The second-order valence-corrected chi connectivity index (χ2v) is 12.8. The van der Waals surface area contributed by atoms with Gasteiger partial charge in [0, 0.05) is 16.7 Å². The van der Waals surface area contributed by atoms with Gasteiger partial charge in [-0.05, 0) is 73.1 Å². The van der Waals surface area contributed by atoms with Gasteiger partial charge in [-0.3, -0.25) is 0 Å². The van der Waals surface area contributed by atoms with Crippen molar-refractivity contribution in [2.45, 2.75) is 0 Å². The van der Waals surface area contributed by atoms with E-state index < -0.39 is 0 Å². The number of benzene rings is 8. The van der Waals surface area contributed by atoms with E-state index in [1.165, 1.54) is 11.1 Å². The Hall–Kier alpha value is -7.22. The highest BCUT2D eigenvalue weighted by Gasteiger charge is 2.17. The quantitative estimate of drug-likeness (QED) is 0.166. The summed E-state index contributed by atoms with van der Waals surface area (Å²) in [5.41, 5.74) is 10.2. The van der Waals surface area contributed by atoms with Gasteiger partial charge in [0.15, 0.2) is 23.2 Å². The maximum Gasteiger partial charge on any atom is 0.187 e. The number of hydrogen-bond acceptors (Lipinski definition) is 3. The van der Waals surface area contributed by atoms with Gasteiger partial charge >= 0.3 is 0 Å². The van der Waals surface area contributed by atoms with Gasteiger partial charge in [0.25, 0.3) is 0 Å². The van der Waals surface area contributed by atoms with Crippen LogP contribution in [-0.4, -0.2) is 15.0 Å². The van der Waals surface area contributed by atoms with Crippen LogP contribution in [0.2, 0.25) is 0 Å². The predicted molar refractivity (Wildman–Crippen MR) is 214 cm³/mol. The zero-order chi connectivity index (χ0) is 34.9. The van der Waals surface area contributed by atoms with Gasteiger partial charge in [-0.25, -0.2) is 19.8 Å². The molecule has 0 aliphatic carbocycles. The molecule has 0 fully saturated rings. The summed E-state index contributed by atoms with van der Waals surface area (Å²) in [4.78, 5) is 18.9. The molecule has 0 atom stereocenters. The van der Waals surface area contributed by atoms with Crippen molar-refractivity contribution >= 4 is 27.2 Å². The van der Waals surface area contributed by atoms with Crippen LogP contribution in [0, 0.1) is 6.57 Å². The summed E-state index contributed by atoms with van der Waals surface area (Å²) >= 11 is 0. The summed E-state index contributed by atoms with van der Waals surface area (Å²) in [6.45, 7) is 7.27. The lowest BCUT2D eigenvalue weighted by Crippen LogP contribution is -2.01.